The van der Waals surface area contributed by atoms with Gasteiger partial charge in [-0.05, 0) is 76.1 Å². The van der Waals surface area contributed by atoms with Crippen molar-refractivity contribution in [2.45, 2.75) is 6.18 Å². The van der Waals surface area contributed by atoms with Gasteiger partial charge < -0.3 is 15.2 Å². The zero-order valence-corrected chi connectivity index (χ0v) is 18.9. The minimum atomic E-state index is -4.76. The number of carbonyl (C=O) groups excluding carboxylic acids is 1. The maximum atomic E-state index is 12.9. The fourth-order valence-corrected chi connectivity index (χ4v) is 3.27. The van der Waals surface area contributed by atoms with E-state index in [-0.39, 0.29) is 21.5 Å². The molecule has 3 aromatic carbocycles. The molecule has 0 atom stereocenters. The van der Waals surface area contributed by atoms with Crippen molar-refractivity contribution in [3.63, 3.8) is 0 Å². The van der Waals surface area contributed by atoms with Gasteiger partial charge in [-0.25, -0.2) is 0 Å². The third kappa shape index (κ3) is 6.36. The molecule has 12 heteroatoms. The molecule has 0 saturated carbocycles. The number of ether oxygens (including phenoxy) is 1. The molecule has 0 aliphatic heterocycles. The Bertz CT molecular complexity index is 1370. The largest absolute Gasteiger partial charge is 0.508 e. The number of nitro groups is 1. The van der Waals surface area contributed by atoms with Crippen LogP contribution in [0.2, 0.25) is 0 Å². The molecule has 0 fully saturated rings. The van der Waals surface area contributed by atoms with Crippen LogP contribution in [0.1, 0.15) is 11.1 Å². The molecule has 0 spiro atoms. The summed E-state index contributed by atoms with van der Waals surface area (Å²) in [6.45, 7) is 0. The lowest BCUT2D eigenvalue weighted by Crippen LogP contribution is -2.13. The van der Waals surface area contributed by atoms with Crippen molar-refractivity contribution in [2.24, 2.45) is 0 Å². The van der Waals surface area contributed by atoms with E-state index < -0.39 is 34.0 Å². The van der Waals surface area contributed by atoms with E-state index in [1.807, 2.05) is 0 Å². The molecule has 0 saturated heterocycles. The van der Waals surface area contributed by atoms with Gasteiger partial charge in [-0.2, -0.15) is 18.4 Å². The molecule has 0 unspecified atom stereocenters. The number of amides is 1. The number of hydrogen-bond donors (Lipinski definition) is 2. The lowest BCUT2D eigenvalue weighted by Gasteiger charge is -2.11. The van der Waals surface area contributed by atoms with Crippen LogP contribution in [0.25, 0.3) is 6.08 Å². The fourth-order valence-electron chi connectivity index (χ4n) is 2.79. The van der Waals surface area contributed by atoms with E-state index in [1.54, 1.807) is 6.07 Å². The third-order valence-electron chi connectivity index (χ3n) is 4.46. The number of halogens is 4. The summed E-state index contributed by atoms with van der Waals surface area (Å²) in [5.74, 6) is -1.04. The van der Waals surface area contributed by atoms with E-state index in [1.165, 1.54) is 48.5 Å². The first-order chi connectivity index (χ1) is 16.5. The summed E-state index contributed by atoms with van der Waals surface area (Å²) in [7, 11) is 0. The van der Waals surface area contributed by atoms with Gasteiger partial charge in [0.05, 0.1) is 15.0 Å². The monoisotopic (exact) mass is 547 g/mol. The van der Waals surface area contributed by atoms with Crippen molar-refractivity contribution < 1.29 is 32.7 Å². The molecule has 0 heterocycles. The Morgan fingerprint density at radius 2 is 1.77 bits per heavy atom. The second-order valence-electron chi connectivity index (χ2n) is 6.90. The number of alkyl halides is 3. The fraction of sp³-hybridized carbons (Fsp3) is 0.0435. The zero-order chi connectivity index (χ0) is 25.8. The van der Waals surface area contributed by atoms with Gasteiger partial charge in [0, 0.05) is 11.8 Å². The smallest absolute Gasteiger partial charge is 0.416 e. The minimum absolute atomic E-state index is 0.00725. The van der Waals surface area contributed by atoms with Crippen LogP contribution < -0.4 is 10.1 Å². The number of aromatic hydroxyl groups is 1. The number of phenols is 1. The number of nitro benzene ring substituents is 1. The molecule has 8 nitrogen and oxygen atoms in total. The van der Waals surface area contributed by atoms with Crippen LogP contribution >= 0.6 is 15.9 Å². The first kappa shape index (κ1) is 25.3. The maximum absolute atomic E-state index is 12.9. The van der Waals surface area contributed by atoms with Crippen LogP contribution in [0.5, 0.6) is 17.2 Å². The quantitative estimate of drug-likeness (QED) is 0.120. The number of nitrogens with one attached hydrogen (secondary N) is 1. The van der Waals surface area contributed by atoms with Gasteiger partial charge in [0.25, 0.3) is 5.91 Å². The Morgan fingerprint density at radius 1 is 1.11 bits per heavy atom. The standard InChI is InChI=1S/C23H13BrF3N3O5/c24-18-10-13(9-14(12-28)22(32)29-16-3-5-17(31)6-4-16)1-7-20(18)35-21-8-2-15(23(25,26)27)11-19(21)30(33)34/h1-11,31H,(H,29,32)/b14-9+. The van der Waals surface area contributed by atoms with Crippen LogP contribution in [-0.4, -0.2) is 15.9 Å². The molecular formula is C23H13BrF3N3O5. The van der Waals surface area contributed by atoms with Crippen molar-refractivity contribution in [3.05, 3.63) is 92.0 Å². The Kier molecular flexibility index (Phi) is 7.41. The molecule has 0 radical (unpaired) electrons. The molecule has 35 heavy (non-hydrogen) atoms. The van der Waals surface area contributed by atoms with Crippen LogP contribution in [-0.2, 0) is 11.0 Å². The molecule has 2 N–H and O–H groups in total. The Morgan fingerprint density at radius 3 is 2.34 bits per heavy atom. The summed E-state index contributed by atoms with van der Waals surface area (Å²) in [4.78, 5) is 22.6. The lowest BCUT2D eigenvalue weighted by molar-refractivity contribution is -0.385. The molecular weight excluding hydrogens is 535 g/mol. The van der Waals surface area contributed by atoms with E-state index >= 15 is 0 Å². The van der Waals surface area contributed by atoms with Crippen LogP contribution in [0.15, 0.2) is 70.7 Å². The molecule has 1 amide bonds. The molecule has 0 bridgehead atoms. The SMILES string of the molecule is N#C/C(=C\c1ccc(Oc2ccc(C(F)(F)F)cc2[N+](=O)[O-])c(Br)c1)C(=O)Nc1ccc(O)cc1. The molecule has 178 valence electrons. The van der Waals surface area contributed by atoms with Gasteiger partial charge in [0.2, 0.25) is 5.75 Å². The number of hydrogen-bond acceptors (Lipinski definition) is 6. The number of anilines is 1. The summed E-state index contributed by atoms with van der Waals surface area (Å²) >= 11 is 3.21. The number of rotatable bonds is 6. The second kappa shape index (κ2) is 10.3. The van der Waals surface area contributed by atoms with E-state index in [0.29, 0.717) is 23.4 Å². The Balaban J connectivity index is 1.83. The predicted octanol–water partition coefficient (Wildman–Crippen LogP) is 6.42. The highest BCUT2D eigenvalue weighted by Crippen LogP contribution is 2.39. The van der Waals surface area contributed by atoms with Crippen molar-refractivity contribution in [3.8, 4) is 23.3 Å². The summed E-state index contributed by atoms with van der Waals surface area (Å²) in [5, 5.41) is 32.4. The lowest BCUT2D eigenvalue weighted by atomic mass is 10.1. The van der Waals surface area contributed by atoms with E-state index in [9.17, 15) is 38.4 Å². The van der Waals surface area contributed by atoms with E-state index in [0.717, 1.165) is 6.07 Å². The highest BCUT2D eigenvalue weighted by Gasteiger charge is 2.33. The van der Waals surface area contributed by atoms with Gasteiger partial charge >= 0.3 is 11.9 Å². The summed E-state index contributed by atoms with van der Waals surface area (Å²) in [5.41, 5.74) is -1.54. The third-order valence-corrected chi connectivity index (χ3v) is 5.08. The Labute approximate surface area is 204 Å². The first-order valence-electron chi connectivity index (χ1n) is 9.53. The number of phenolic OH excluding ortho intramolecular Hbond substituents is 1. The average molecular weight is 548 g/mol. The van der Waals surface area contributed by atoms with Crippen molar-refractivity contribution in [1.82, 2.24) is 0 Å². The molecule has 3 rings (SSSR count). The predicted molar refractivity (Wildman–Crippen MR) is 123 cm³/mol. The van der Waals surface area contributed by atoms with Gasteiger partial charge in [0.1, 0.15) is 23.1 Å². The number of benzene rings is 3. The summed E-state index contributed by atoms with van der Waals surface area (Å²) in [6.07, 6.45) is -3.48. The van der Waals surface area contributed by atoms with E-state index in [2.05, 4.69) is 21.2 Å². The first-order valence-corrected chi connectivity index (χ1v) is 10.3. The summed E-state index contributed by atoms with van der Waals surface area (Å²) < 4.78 is 44.4. The number of carbonyl (C=O) groups is 1. The second-order valence-corrected chi connectivity index (χ2v) is 7.75. The molecule has 0 aliphatic rings. The Hall–Kier alpha value is -4.37. The van der Waals surface area contributed by atoms with Gasteiger partial charge in [0.15, 0.2) is 0 Å². The van der Waals surface area contributed by atoms with Crippen LogP contribution in [0, 0.1) is 21.4 Å². The maximum Gasteiger partial charge on any atom is 0.416 e. The molecule has 3 aromatic rings. The van der Waals surface area contributed by atoms with Gasteiger partial charge in [-0.3, -0.25) is 14.9 Å². The highest BCUT2D eigenvalue weighted by molar-refractivity contribution is 9.10. The van der Waals surface area contributed by atoms with Crippen LogP contribution in [0.3, 0.4) is 0 Å². The molecule has 0 aliphatic carbocycles. The van der Waals surface area contributed by atoms with Crippen molar-refractivity contribution in [1.29, 1.82) is 5.26 Å². The minimum Gasteiger partial charge on any atom is -0.508 e. The highest BCUT2D eigenvalue weighted by atomic mass is 79.9. The normalized spacial score (nSPS) is 11.5. The van der Waals surface area contributed by atoms with Crippen molar-refractivity contribution in [2.75, 3.05) is 5.32 Å². The topological polar surface area (TPSA) is 125 Å². The van der Waals surface area contributed by atoms with E-state index in [4.69, 9.17) is 4.74 Å². The zero-order valence-electron chi connectivity index (χ0n) is 17.3. The number of nitriles is 1. The van der Waals surface area contributed by atoms with Gasteiger partial charge in [-0.1, -0.05) is 6.07 Å². The molecule has 0 aromatic heterocycles. The van der Waals surface area contributed by atoms with Gasteiger partial charge in [-0.15, -0.1) is 0 Å². The van der Waals surface area contributed by atoms with Crippen LogP contribution in [0.4, 0.5) is 24.5 Å². The van der Waals surface area contributed by atoms with Crippen molar-refractivity contribution >= 4 is 39.3 Å². The summed E-state index contributed by atoms with van der Waals surface area (Å²) in [6, 6.07) is 13.6. The average Bonchev–Trinajstić information content (AvgIpc) is 2.80. The number of nitrogens with zero attached hydrogens (tertiary/aromatic N) is 2.